The number of rotatable bonds is 8. The monoisotopic (exact) mass is 280 g/mol. The van der Waals surface area contributed by atoms with Crippen LogP contribution >= 0.6 is 0 Å². The summed E-state index contributed by atoms with van der Waals surface area (Å²) >= 11 is 0. The van der Waals surface area contributed by atoms with Crippen molar-refractivity contribution < 1.29 is 23.8 Å². The van der Waals surface area contributed by atoms with Gasteiger partial charge in [-0.15, -0.1) is 0 Å². The Morgan fingerprint density at radius 2 is 1.55 bits per heavy atom. The van der Waals surface area contributed by atoms with Crippen LogP contribution in [0.2, 0.25) is 0 Å². The fourth-order valence-corrected chi connectivity index (χ4v) is 1.61. The summed E-state index contributed by atoms with van der Waals surface area (Å²) in [4.78, 5) is 23.3. The Labute approximate surface area is 118 Å². The van der Waals surface area contributed by atoms with E-state index in [0.717, 1.165) is 5.56 Å². The maximum Gasteiger partial charge on any atom is 0.347 e. The number of hydrogen-bond acceptors (Lipinski definition) is 5. The van der Waals surface area contributed by atoms with E-state index in [4.69, 9.17) is 14.2 Å². The van der Waals surface area contributed by atoms with Crippen LogP contribution in [0.15, 0.2) is 30.3 Å². The van der Waals surface area contributed by atoms with Crippen molar-refractivity contribution in [3.05, 3.63) is 35.9 Å². The Kier molecular flexibility index (Phi) is 7.35. The van der Waals surface area contributed by atoms with Crippen LogP contribution in [0, 0.1) is 0 Å². The molecule has 5 nitrogen and oxygen atoms in total. The second-order valence-electron chi connectivity index (χ2n) is 3.99. The van der Waals surface area contributed by atoms with Crippen molar-refractivity contribution in [3.63, 3.8) is 0 Å². The molecule has 1 aromatic carbocycles. The Hall–Kier alpha value is -1.88. The Morgan fingerprint density at radius 1 is 1.00 bits per heavy atom. The summed E-state index contributed by atoms with van der Waals surface area (Å²) < 4.78 is 14.9. The van der Waals surface area contributed by atoms with Crippen molar-refractivity contribution in [2.45, 2.75) is 26.4 Å². The molecule has 0 amide bonds. The highest BCUT2D eigenvalue weighted by molar-refractivity contribution is 5.98. The second-order valence-corrected chi connectivity index (χ2v) is 3.99. The van der Waals surface area contributed by atoms with Gasteiger partial charge in [0.25, 0.3) is 6.10 Å². The van der Waals surface area contributed by atoms with Gasteiger partial charge in [-0.25, -0.2) is 9.59 Å². The predicted octanol–water partition coefficient (Wildman–Crippen LogP) is 1.74. The summed E-state index contributed by atoms with van der Waals surface area (Å²) in [5.74, 6) is -1.42. The minimum absolute atomic E-state index is 0.191. The van der Waals surface area contributed by atoms with E-state index in [1.165, 1.54) is 0 Å². The molecular weight excluding hydrogens is 260 g/mol. The Bertz CT molecular complexity index is 398. The summed E-state index contributed by atoms with van der Waals surface area (Å²) in [5.41, 5.74) is 1.07. The first-order valence-electron chi connectivity index (χ1n) is 6.67. The third-order valence-electron chi connectivity index (χ3n) is 2.52. The zero-order chi connectivity index (χ0) is 14.8. The molecule has 0 aliphatic carbocycles. The summed E-state index contributed by atoms with van der Waals surface area (Å²) in [7, 11) is 0. The fourth-order valence-electron chi connectivity index (χ4n) is 1.61. The molecule has 0 spiro atoms. The van der Waals surface area contributed by atoms with Crippen molar-refractivity contribution in [2.75, 3.05) is 19.8 Å². The number of carbonyl (C=O) groups excluding carboxylic acids is 2. The van der Waals surface area contributed by atoms with Crippen LogP contribution in [0.1, 0.15) is 19.4 Å². The lowest BCUT2D eigenvalue weighted by molar-refractivity contribution is -0.172. The highest BCUT2D eigenvalue weighted by atomic mass is 16.6. The molecule has 0 aromatic heterocycles. The van der Waals surface area contributed by atoms with E-state index in [0.29, 0.717) is 6.42 Å². The molecule has 0 fully saturated rings. The molecule has 0 saturated carbocycles. The predicted molar refractivity (Wildman–Crippen MR) is 73.2 cm³/mol. The van der Waals surface area contributed by atoms with Gasteiger partial charge in [-0.1, -0.05) is 30.3 Å². The van der Waals surface area contributed by atoms with Crippen LogP contribution in [0.5, 0.6) is 0 Å². The van der Waals surface area contributed by atoms with E-state index < -0.39 is 18.0 Å². The molecule has 1 rings (SSSR count). The van der Waals surface area contributed by atoms with E-state index in [9.17, 15) is 9.59 Å². The molecule has 0 heterocycles. The largest absolute Gasteiger partial charge is 0.464 e. The molecule has 5 heteroatoms. The molecule has 0 bridgehead atoms. The molecule has 0 atom stereocenters. The van der Waals surface area contributed by atoms with Crippen LogP contribution in [0.3, 0.4) is 0 Å². The summed E-state index contributed by atoms with van der Waals surface area (Å²) in [5, 5.41) is 0. The zero-order valence-electron chi connectivity index (χ0n) is 11.8. The lowest BCUT2D eigenvalue weighted by atomic mass is 10.2. The smallest absolute Gasteiger partial charge is 0.347 e. The fraction of sp³-hybridized carbons (Fsp3) is 0.467. The molecule has 110 valence electrons. The van der Waals surface area contributed by atoms with Gasteiger partial charge in [0.05, 0.1) is 19.8 Å². The van der Waals surface area contributed by atoms with Crippen molar-refractivity contribution >= 4 is 11.9 Å². The number of benzene rings is 1. The minimum Gasteiger partial charge on any atom is -0.464 e. The first-order valence-corrected chi connectivity index (χ1v) is 6.67. The van der Waals surface area contributed by atoms with Gasteiger partial charge >= 0.3 is 11.9 Å². The number of carbonyl (C=O) groups is 2. The minimum atomic E-state index is -1.31. The molecule has 0 unspecified atom stereocenters. The Balaban J connectivity index is 2.51. The first kappa shape index (κ1) is 16.2. The van der Waals surface area contributed by atoms with Crippen LogP contribution in [-0.2, 0) is 30.2 Å². The summed E-state index contributed by atoms with van der Waals surface area (Å²) in [6.45, 7) is 3.97. The number of hydrogen-bond donors (Lipinski definition) is 0. The van der Waals surface area contributed by atoms with Crippen molar-refractivity contribution in [1.29, 1.82) is 0 Å². The van der Waals surface area contributed by atoms with Gasteiger partial charge in [-0.2, -0.15) is 0 Å². The van der Waals surface area contributed by atoms with E-state index in [-0.39, 0.29) is 19.8 Å². The first-order chi connectivity index (χ1) is 9.69. The van der Waals surface area contributed by atoms with Gasteiger partial charge in [0.1, 0.15) is 0 Å². The normalized spacial score (nSPS) is 10.3. The van der Waals surface area contributed by atoms with Crippen LogP contribution in [0.25, 0.3) is 0 Å². The zero-order valence-corrected chi connectivity index (χ0v) is 11.8. The third-order valence-corrected chi connectivity index (χ3v) is 2.52. The number of esters is 2. The van der Waals surface area contributed by atoms with E-state index in [1.54, 1.807) is 13.8 Å². The summed E-state index contributed by atoms with van der Waals surface area (Å²) in [6.07, 6.45) is -0.700. The topological polar surface area (TPSA) is 61.8 Å². The lowest BCUT2D eigenvalue weighted by Crippen LogP contribution is -2.36. The van der Waals surface area contributed by atoms with Crippen LogP contribution < -0.4 is 0 Å². The van der Waals surface area contributed by atoms with Crippen LogP contribution in [0.4, 0.5) is 0 Å². The molecular formula is C15H20O5. The van der Waals surface area contributed by atoms with Gasteiger partial charge in [-0.3, -0.25) is 0 Å². The lowest BCUT2D eigenvalue weighted by Gasteiger charge is -2.15. The second kappa shape index (κ2) is 9.09. The molecule has 0 aliphatic heterocycles. The Morgan fingerprint density at radius 3 is 2.05 bits per heavy atom. The SMILES string of the molecule is CCOC(=O)C(OCCc1ccccc1)C(=O)OCC. The molecule has 0 saturated heterocycles. The molecule has 1 aromatic rings. The molecule has 0 radical (unpaired) electrons. The third kappa shape index (κ3) is 5.40. The van der Waals surface area contributed by atoms with E-state index in [1.807, 2.05) is 30.3 Å². The van der Waals surface area contributed by atoms with Gasteiger partial charge in [-0.05, 0) is 25.8 Å². The molecule has 0 aliphatic rings. The van der Waals surface area contributed by atoms with Crippen LogP contribution in [-0.4, -0.2) is 37.9 Å². The van der Waals surface area contributed by atoms with Crippen molar-refractivity contribution in [2.24, 2.45) is 0 Å². The highest BCUT2D eigenvalue weighted by Gasteiger charge is 2.30. The van der Waals surface area contributed by atoms with Crippen molar-refractivity contribution in [3.8, 4) is 0 Å². The van der Waals surface area contributed by atoms with Gasteiger partial charge in [0.2, 0.25) is 0 Å². The maximum atomic E-state index is 11.7. The van der Waals surface area contributed by atoms with E-state index >= 15 is 0 Å². The van der Waals surface area contributed by atoms with E-state index in [2.05, 4.69) is 0 Å². The van der Waals surface area contributed by atoms with Gasteiger partial charge in [0, 0.05) is 0 Å². The quantitative estimate of drug-likeness (QED) is 0.536. The average Bonchev–Trinajstić information content (AvgIpc) is 2.45. The molecule has 0 N–H and O–H groups in total. The maximum absolute atomic E-state index is 11.7. The van der Waals surface area contributed by atoms with Gasteiger partial charge < -0.3 is 14.2 Å². The number of ether oxygens (including phenoxy) is 3. The standard InChI is InChI=1S/C15H20O5/c1-3-18-14(16)13(15(17)19-4-2)20-11-10-12-8-6-5-7-9-12/h5-9,13H,3-4,10-11H2,1-2H3. The van der Waals surface area contributed by atoms with Crippen molar-refractivity contribution in [1.82, 2.24) is 0 Å². The summed E-state index contributed by atoms with van der Waals surface area (Å²) in [6, 6.07) is 9.66. The molecule has 20 heavy (non-hydrogen) atoms. The highest BCUT2D eigenvalue weighted by Crippen LogP contribution is 2.04. The van der Waals surface area contributed by atoms with Gasteiger partial charge in [0.15, 0.2) is 0 Å². The average molecular weight is 280 g/mol.